The van der Waals surface area contributed by atoms with E-state index in [2.05, 4.69) is 0 Å². The monoisotopic (exact) mass is 512 g/mol. The summed E-state index contributed by atoms with van der Waals surface area (Å²) in [4.78, 5) is 11.8. The van der Waals surface area contributed by atoms with Gasteiger partial charge in [-0.15, -0.1) is 0 Å². The van der Waals surface area contributed by atoms with Crippen LogP contribution in [0.1, 0.15) is 63.5 Å². The number of hydrogen-bond donors (Lipinski definition) is 1. The molecule has 202 valence electrons. The molecule has 0 radical (unpaired) electrons. The van der Waals surface area contributed by atoms with Crippen LogP contribution >= 0.6 is 0 Å². The molecule has 2 aromatic rings. The van der Waals surface area contributed by atoms with Crippen LogP contribution in [-0.2, 0) is 41.7 Å². The normalized spacial score (nSPS) is 29.8. The van der Waals surface area contributed by atoms with E-state index < -0.39 is 11.4 Å². The minimum atomic E-state index is -1.02. The Balaban J connectivity index is 1.34. The average molecular weight is 513 g/mol. The van der Waals surface area contributed by atoms with Crippen molar-refractivity contribution < 1.29 is 33.6 Å². The van der Waals surface area contributed by atoms with Crippen LogP contribution in [0.4, 0.5) is 0 Å². The summed E-state index contributed by atoms with van der Waals surface area (Å²) in [6, 6.07) is 20.1. The summed E-state index contributed by atoms with van der Waals surface area (Å²) in [6.45, 7) is 5.33. The molecular weight excluding hydrogens is 472 g/mol. The fourth-order valence-electron chi connectivity index (χ4n) is 5.46. The van der Waals surface area contributed by atoms with Crippen molar-refractivity contribution in [2.45, 2.75) is 95.3 Å². The van der Waals surface area contributed by atoms with Gasteiger partial charge in [0.15, 0.2) is 5.79 Å². The summed E-state index contributed by atoms with van der Waals surface area (Å²) in [7, 11) is 0. The largest absolute Gasteiger partial charge is 0.462 e. The molecule has 37 heavy (non-hydrogen) atoms. The Labute approximate surface area is 220 Å². The molecule has 7 nitrogen and oxygen atoms in total. The summed E-state index contributed by atoms with van der Waals surface area (Å²) in [5, 5.41) is 11.2. The second kappa shape index (κ2) is 13.0. The zero-order chi connectivity index (χ0) is 26.1. The Kier molecular flexibility index (Phi) is 9.73. The minimum Gasteiger partial charge on any atom is -0.462 e. The van der Waals surface area contributed by atoms with Crippen LogP contribution in [0.2, 0.25) is 0 Å². The lowest BCUT2D eigenvalue weighted by molar-refractivity contribution is -0.351. The van der Waals surface area contributed by atoms with Crippen molar-refractivity contribution in [2.24, 2.45) is 0 Å². The first kappa shape index (κ1) is 27.7. The van der Waals surface area contributed by atoms with Crippen LogP contribution in [0, 0.1) is 0 Å². The maximum atomic E-state index is 11.8. The van der Waals surface area contributed by atoms with E-state index in [-0.39, 0.29) is 24.3 Å². The van der Waals surface area contributed by atoms with Gasteiger partial charge in [0.1, 0.15) is 6.10 Å². The van der Waals surface area contributed by atoms with E-state index in [0.717, 1.165) is 11.1 Å². The summed E-state index contributed by atoms with van der Waals surface area (Å²) >= 11 is 0. The van der Waals surface area contributed by atoms with Crippen LogP contribution in [0.15, 0.2) is 60.7 Å². The number of rotatable bonds is 11. The van der Waals surface area contributed by atoms with E-state index in [1.54, 1.807) is 0 Å². The topological polar surface area (TPSA) is 83.5 Å². The lowest BCUT2D eigenvalue weighted by atomic mass is 9.81. The third-order valence-corrected chi connectivity index (χ3v) is 6.87. The third kappa shape index (κ3) is 8.90. The Morgan fingerprint density at radius 3 is 2.00 bits per heavy atom. The average Bonchev–Trinajstić information content (AvgIpc) is 2.84. The van der Waals surface area contributed by atoms with Crippen LogP contribution in [0.25, 0.3) is 0 Å². The van der Waals surface area contributed by atoms with Gasteiger partial charge in [0, 0.05) is 45.8 Å². The minimum absolute atomic E-state index is 0.210. The number of hydrogen-bond acceptors (Lipinski definition) is 7. The predicted molar refractivity (Wildman–Crippen MR) is 139 cm³/mol. The highest BCUT2D eigenvalue weighted by atomic mass is 16.7. The molecule has 4 rings (SSSR count). The van der Waals surface area contributed by atoms with Gasteiger partial charge >= 0.3 is 5.97 Å². The highest BCUT2D eigenvalue weighted by molar-refractivity contribution is 5.66. The molecule has 0 aromatic heterocycles. The predicted octanol–water partition coefficient (Wildman–Crippen LogP) is 4.94. The van der Waals surface area contributed by atoms with Crippen molar-refractivity contribution in [1.29, 1.82) is 0 Å². The Morgan fingerprint density at radius 1 is 0.892 bits per heavy atom. The molecule has 7 heteroatoms. The number of aliphatic hydroxyl groups is 1. The molecule has 1 N–H and O–H groups in total. The van der Waals surface area contributed by atoms with Crippen molar-refractivity contribution in [3.63, 3.8) is 0 Å². The smallest absolute Gasteiger partial charge is 0.302 e. The van der Waals surface area contributed by atoms with E-state index in [9.17, 15) is 9.90 Å². The second-order valence-electron chi connectivity index (χ2n) is 10.6. The molecule has 0 amide bonds. The zero-order valence-corrected chi connectivity index (χ0v) is 22.0. The van der Waals surface area contributed by atoms with Gasteiger partial charge in [0.05, 0.1) is 31.0 Å². The molecule has 2 aromatic carbocycles. The van der Waals surface area contributed by atoms with E-state index >= 15 is 0 Å². The first-order chi connectivity index (χ1) is 17.8. The van der Waals surface area contributed by atoms with Gasteiger partial charge in [-0.1, -0.05) is 60.7 Å². The molecule has 0 aliphatic carbocycles. The molecule has 2 fully saturated rings. The summed E-state index contributed by atoms with van der Waals surface area (Å²) in [6.07, 6.45) is 2.28. The standard InChI is InChI=1S/C30H40O7/c1-23(31)35-28-17-26(13-15-33-20-24-9-5-3-6-10-24)36-30(19-28)22-29(2,32)18-27(37-30)14-16-34-21-25-11-7-4-8-12-25/h3-12,26-28,32H,13-22H2,1-2H3/t26-,27-,28-,29-,30+/m0/s1. The van der Waals surface area contributed by atoms with E-state index in [1.807, 2.05) is 67.6 Å². The quantitative estimate of drug-likeness (QED) is 0.337. The number of ether oxygens (including phenoxy) is 5. The van der Waals surface area contributed by atoms with Gasteiger partial charge in [-0.05, 0) is 30.9 Å². The fraction of sp³-hybridized carbons (Fsp3) is 0.567. The van der Waals surface area contributed by atoms with Crippen LogP contribution in [0.5, 0.6) is 0 Å². The van der Waals surface area contributed by atoms with Gasteiger partial charge in [-0.3, -0.25) is 4.79 Å². The summed E-state index contributed by atoms with van der Waals surface area (Å²) in [5.41, 5.74) is 1.27. The van der Waals surface area contributed by atoms with Crippen molar-refractivity contribution in [3.8, 4) is 0 Å². The lowest BCUT2D eigenvalue weighted by Gasteiger charge is -2.51. The maximum Gasteiger partial charge on any atom is 0.302 e. The number of esters is 1. The van der Waals surface area contributed by atoms with Gasteiger partial charge in [0.2, 0.25) is 0 Å². The van der Waals surface area contributed by atoms with Crippen molar-refractivity contribution in [1.82, 2.24) is 0 Å². The molecule has 0 unspecified atom stereocenters. The third-order valence-electron chi connectivity index (χ3n) is 6.87. The van der Waals surface area contributed by atoms with Crippen molar-refractivity contribution in [2.75, 3.05) is 13.2 Å². The van der Waals surface area contributed by atoms with Gasteiger partial charge in [-0.25, -0.2) is 0 Å². The van der Waals surface area contributed by atoms with Crippen LogP contribution in [0.3, 0.4) is 0 Å². The first-order valence-corrected chi connectivity index (χ1v) is 13.3. The van der Waals surface area contributed by atoms with E-state index in [4.69, 9.17) is 23.7 Å². The van der Waals surface area contributed by atoms with E-state index in [1.165, 1.54) is 6.92 Å². The Bertz CT molecular complexity index is 960. The molecule has 2 aliphatic heterocycles. The summed E-state index contributed by atoms with van der Waals surface area (Å²) < 4.78 is 30.4. The molecule has 2 saturated heterocycles. The fourth-order valence-corrected chi connectivity index (χ4v) is 5.46. The SMILES string of the molecule is CC(=O)O[C@H]1C[C@H](CCOCc2ccccc2)O[C@@]2(C1)C[C@@](C)(O)C[C@H](CCOCc1ccccc1)O2. The first-order valence-electron chi connectivity index (χ1n) is 13.3. The molecule has 2 aliphatic rings. The van der Waals surface area contributed by atoms with Crippen molar-refractivity contribution >= 4 is 5.97 Å². The van der Waals surface area contributed by atoms with E-state index in [0.29, 0.717) is 65.0 Å². The maximum absolute atomic E-state index is 11.8. The Morgan fingerprint density at radius 2 is 1.43 bits per heavy atom. The Hall–Kier alpha value is -2.29. The number of benzene rings is 2. The second-order valence-corrected chi connectivity index (χ2v) is 10.6. The van der Waals surface area contributed by atoms with Crippen LogP contribution < -0.4 is 0 Å². The number of carbonyl (C=O) groups excluding carboxylic acids is 1. The molecule has 1 spiro atoms. The van der Waals surface area contributed by atoms with Crippen molar-refractivity contribution in [3.05, 3.63) is 71.8 Å². The van der Waals surface area contributed by atoms with Gasteiger partial charge in [-0.2, -0.15) is 0 Å². The molecule has 0 saturated carbocycles. The van der Waals surface area contributed by atoms with Gasteiger partial charge in [0.25, 0.3) is 0 Å². The highest BCUT2D eigenvalue weighted by Crippen LogP contribution is 2.45. The molecular formula is C30H40O7. The lowest BCUT2D eigenvalue weighted by Crippen LogP contribution is -2.58. The molecule has 0 bridgehead atoms. The highest BCUT2D eigenvalue weighted by Gasteiger charge is 2.52. The molecule has 2 heterocycles. The summed E-state index contributed by atoms with van der Waals surface area (Å²) in [5.74, 6) is -1.34. The zero-order valence-electron chi connectivity index (χ0n) is 22.0. The molecule has 5 atom stereocenters. The van der Waals surface area contributed by atoms with Gasteiger partial charge < -0.3 is 28.8 Å². The van der Waals surface area contributed by atoms with Crippen LogP contribution in [-0.4, -0.2) is 54.0 Å². The number of carbonyl (C=O) groups is 1.